The molecule has 1 saturated heterocycles. The fraction of sp³-hybridized carbons (Fsp3) is 0.647. The minimum atomic E-state index is -0.0416. The van der Waals surface area contributed by atoms with E-state index in [1.54, 1.807) is 0 Å². The van der Waals surface area contributed by atoms with Crippen molar-refractivity contribution < 1.29 is 4.74 Å². The number of fused-ring (bicyclic) bond motifs is 1. The van der Waals surface area contributed by atoms with Crippen LogP contribution >= 0.6 is 0 Å². The molecule has 1 unspecified atom stereocenters. The second-order valence-electron chi connectivity index (χ2n) is 6.31. The second kappa shape index (κ2) is 5.95. The second-order valence-corrected chi connectivity index (χ2v) is 6.31. The highest BCUT2D eigenvalue weighted by molar-refractivity contribution is 5.44. The number of rotatable bonds is 3. The maximum absolute atomic E-state index is 6.30. The van der Waals surface area contributed by atoms with Gasteiger partial charge in [0.2, 0.25) is 0 Å². The predicted molar refractivity (Wildman–Crippen MR) is 85.7 cm³/mol. The summed E-state index contributed by atoms with van der Waals surface area (Å²) < 4.78 is 5.90. The maximum Gasteiger partial charge on any atom is 0.124 e. The molecule has 0 aromatic heterocycles. The predicted octanol–water partition coefficient (Wildman–Crippen LogP) is 1.43. The van der Waals surface area contributed by atoms with Crippen molar-refractivity contribution in [3.63, 3.8) is 0 Å². The van der Waals surface area contributed by atoms with Crippen LogP contribution in [0.15, 0.2) is 18.2 Å². The van der Waals surface area contributed by atoms with E-state index >= 15 is 0 Å². The fourth-order valence-electron chi connectivity index (χ4n) is 3.66. The molecule has 0 spiro atoms. The van der Waals surface area contributed by atoms with Gasteiger partial charge in [-0.2, -0.15) is 0 Å². The first-order valence-corrected chi connectivity index (χ1v) is 8.09. The van der Waals surface area contributed by atoms with E-state index in [1.807, 2.05) is 0 Å². The number of aryl methyl sites for hydroxylation is 1. The summed E-state index contributed by atoms with van der Waals surface area (Å²) in [6, 6.07) is 6.63. The van der Waals surface area contributed by atoms with Crippen LogP contribution in [0.5, 0.6) is 5.75 Å². The van der Waals surface area contributed by atoms with Gasteiger partial charge in [0.1, 0.15) is 5.75 Å². The van der Waals surface area contributed by atoms with Crippen molar-refractivity contribution in [2.75, 3.05) is 46.4 Å². The van der Waals surface area contributed by atoms with Gasteiger partial charge in [0, 0.05) is 44.7 Å². The molecule has 2 heterocycles. The van der Waals surface area contributed by atoms with Crippen LogP contribution in [-0.2, 0) is 12.0 Å². The molecule has 1 aromatic carbocycles. The van der Waals surface area contributed by atoms with E-state index in [0.29, 0.717) is 6.54 Å². The summed E-state index contributed by atoms with van der Waals surface area (Å²) in [5.74, 6) is 1.03. The minimum Gasteiger partial charge on any atom is -0.493 e. The third-order valence-electron chi connectivity index (χ3n) is 5.17. The number of nitrogens with two attached hydrogens (primary N) is 1. The summed E-state index contributed by atoms with van der Waals surface area (Å²) in [6.07, 6.45) is 2.05. The van der Waals surface area contributed by atoms with Crippen LogP contribution < -0.4 is 10.5 Å². The Morgan fingerprint density at radius 2 is 2.00 bits per heavy atom. The summed E-state index contributed by atoms with van der Waals surface area (Å²) >= 11 is 0. The average molecular weight is 289 g/mol. The Morgan fingerprint density at radius 1 is 1.24 bits per heavy atom. The Kier molecular flexibility index (Phi) is 4.20. The first-order valence-electron chi connectivity index (χ1n) is 8.09. The maximum atomic E-state index is 6.30. The van der Waals surface area contributed by atoms with E-state index in [0.717, 1.165) is 51.4 Å². The van der Waals surface area contributed by atoms with Crippen LogP contribution in [0.4, 0.5) is 0 Å². The molecule has 0 radical (unpaired) electrons. The Morgan fingerprint density at radius 3 is 2.67 bits per heavy atom. The van der Waals surface area contributed by atoms with Crippen molar-refractivity contribution in [3.05, 3.63) is 29.3 Å². The number of hydrogen-bond donors (Lipinski definition) is 1. The van der Waals surface area contributed by atoms with Crippen molar-refractivity contribution in [2.45, 2.75) is 25.3 Å². The Labute approximate surface area is 127 Å². The quantitative estimate of drug-likeness (QED) is 0.914. The first kappa shape index (κ1) is 14.8. The van der Waals surface area contributed by atoms with Crippen LogP contribution in [-0.4, -0.2) is 56.2 Å². The molecule has 2 aliphatic rings. The number of hydrogen-bond acceptors (Lipinski definition) is 4. The largest absolute Gasteiger partial charge is 0.493 e. The summed E-state index contributed by atoms with van der Waals surface area (Å²) in [4.78, 5) is 4.98. The lowest BCUT2D eigenvalue weighted by molar-refractivity contribution is 0.0138. The molecule has 0 saturated carbocycles. The molecule has 116 valence electrons. The molecule has 0 bridgehead atoms. The molecular weight excluding hydrogens is 262 g/mol. The monoisotopic (exact) mass is 289 g/mol. The Bertz CT molecular complexity index is 497. The highest BCUT2D eigenvalue weighted by Crippen LogP contribution is 2.41. The van der Waals surface area contributed by atoms with Gasteiger partial charge < -0.3 is 15.4 Å². The molecule has 4 heteroatoms. The summed E-state index contributed by atoms with van der Waals surface area (Å²) in [7, 11) is 2.19. The van der Waals surface area contributed by atoms with Gasteiger partial charge >= 0.3 is 0 Å². The molecule has 1 aromatic rings. The molecule has 1 fully saturated rings. The van der Waals surface area contributed by atoms with Gasteiger partial charge in [-0.3, -0.25) is 4.90 Å². The number of benzene rings is 1. The Balaban J connectivity index is 1.99. The molecule has 1 atom stereocenters. The number of likely N-dealkylation sites (N-methyl/N-ethyl adjacent to an activating group) is 1. The zero-order chi connectivity index (χ0) is 14.9. The van der Waals surface area contributed by atoms with Gasteiger partial charge in [-0.05, 0) is 25.1 Å². The van der Waals surface area contributed by atoms with Crippen LogP contribution in [0.2, 0.25) is 0 Å². The summed E-state index contributed by atoms with van der Waals surface area (Å²) in [5, 5.41) is 0. The smallest absolute Gasteiger partial charge is 0.124 e. The van der Waals surface area contributed by atoms with Gasteiger partial charge in [-0.15, -0.1) is 0 Å². The molecule has 2 N–H and O–H groups in total. The van der Waals surface area contributed by atoms with E-state index in [2.05, 4.69) is 42.0 Å². The van der Waals surface area contributed by atoms with Gasteiger partial charge in [0.05, 0.1) is 12.1 Å². The minimum absolute atomic E-state index is 0.0416. The topological polar surface area (TPSA) is 41.7 Å². The molecule has 3 rings (SSSR count). The van der Waals surface area contributed by atoms with Gasteiger partial charge in [-0.25, -0.2) is 0 Å². The van der Waals surface area contributed by atoms with Crippen molar-refractivity contribution >= 4 is 0 Å². The van der Waals surface area contributed by atoms with Crippen molar-refractivity contribution in [1.82, 2.24) is 9.80 Å². The lowest BCUT2D eigenvalue weighted by Gasteiger charge is -2.49. The lowest BCUT2D eigenvalue weighted by atomic mass is 9.81. The molecule has 4 nitrogen and oxygen atoms in total. The average Bonchev–Trinajstić information content (AvgIpc) is 2.54. The van der Waals surface area contributed by atoms with Gasteiger partial charge in [0.25, 0.3) is 0 Å². The van der Waals surface area contributed by atoms with E-state index in [1.165, 1.54) is 11.1 Å². The third-order valence-corrected chi connectivity index (χ3v) is 5.17. The van der Waals surface area contributed by atoms with E-state index in [9.17, 15) is 0 Å². The summed E-state index contributed by atoms with van der Waals surface area (Å²) in [5.41, 5.74) is 8.93. The molecule has 21 heavy (non-hydrogen) atoms. The molecule has 0 aliphatic carbocycles. The number of piperazine rings is 1. The van der Waals surface area contributed by atoms with Crippen LogP contribution in [0.1, 0.15) is 24.5 Å². The molecular formula is C17H27N3O. The number of nitrogens with zero attached hydrogens (tertiary/aromatic N) is 2. The standard InChI is InChI=1S/C17H27N3O/c1-3-14-4-5-16-15(12-14)17(13-18,6-11-21-16)20-9-7-19(2)8-10-20/h4-5,12H,3,6-11,13,18H2,1-2H3. The van der Waals surface area contributed by atoms with Crippen LogP contribution in [0, 0.1) is 0 Å². The zero-order valence-electron chi connectivity index (χ0n) is 13.3. The molecule has 2 aliphatic heterocycles. The first-order chi connectivity index (χ1) is 10.2. The molecule has 0 amide bonds. The highest BCUT2D eigenvalue weighted by atomic mass is 16.5. The van der Waals surface area contributed by atoms with E-state index < -0.39 is 0 Å². The summed E-state index contributed by atoms with van der Waals surface area (Å²) in [6.45, 7) is 8.04. The van der Waals surface area contributed by atoms with Crippen molar-refractivity contribution in [3.8, 4) is 5.75 Å². The van der Waals surface area contributed by atoms with Crippen LogP contribution in [0.25, 0.3) is 0 Å². The highest BCUT2D eigenvalue weighted by Gasteiger charge is 2.42. The third kappa shape index (κ3) is 2.56. The van der Waals surface area contributed by atoms with Crippen LogP contribution in [0.3, 0.4) is 0 Å². The lowest BCUT2D eigenvalue weighted by Crippen LogP contribution is -2.59. The SMILES string of the molecule is CCc1ccc2c(c1)C(CN)(N1CCN(C)CC1)CCO2. The van der Waals surface area contributed by atoms with E-state index in [-0.39, 0.29) is 5.54 Å². The van der Waals surface area contributed by atoms with Gasteiger partial charge in [0.15, 0.2) is 0 Å². The fourth-order valence-corrected chi connectivity index (χ4v) is 3.66. The van der Waals surface area contributed by atoms with Crippen molar-refractivity contribution in [2.24, 2.45) is 5.73 Å². The van der Waals surface area contributed by atoms with Crippen molar-refractivity contribution in [1.29, 1.82) is 0 Å². The van der Waals surface area contributed by atoms with Gasteiger partial charge in [-0.1, -0.05) is 19.1 Å². The number of ether oxygens (including phenoxy) is 1. The zero-order valence-corrected chi connectivity index (χ0v) is 13.3. The van der Waals surface area contributed by atoms with E-state index in [4.69, 9.17) is 10.5 Å². The normalized spacial score (nSPS) is 27.2. The Hall–Kier alpha value is -1.10.